The molecule has 0 aromatic heterocycles. The molecule has 1 saturated heterocycles. The molecule has 0 unspecified atom stereocenters. The van der Waals surface area contributed by atoms with E-state index in [1.54, 1.807) is 36.4 Å². The van der Waals surface area contributed by atoms with Crippen molar-refractivity contribution in [1.82, 2.24) is 15.1 Å². The van der Waals surface area contributed by atoms with Crippen molar-refractivity contribution in [3.05, 3.63) is 59.9 Å². The summed E-state index contributed by atoms with van der Waals surface area (Å²) in [5.74, 6) is -0.948. The summed E-state index contributed by atoms with van der Waals surface area (Å²) in [5.41, 5.74) is 1.40. The van der Waals surface area contributed by atoms with E-state index in [1.165, 1.54) is 12.1 Å². The highest BCUT2D eigenvalue weighted by molar-refractivity contribution is 6.04. The number of carbonyl (C=O) groups excluding carboxylic acids is 3. The SMILES string of the molecule is O=C(CN1CCN(CC(=O)Nc2ccccc2C(=O)NC2CC2)CC1)Nc1cccc(F)c1. The number of nitrogens with one attached hydrogen (secondary N) is 3. The number of piperazine rings is 1. The molecule has 0 bridgehead atoms. The molecule has 4 rings (SSSR count). The maximum atomic E-state index is 13.3. The van der Waals surface area contributed by atoms with Crippen molar-refractivity contribution in [3.63, 3.8) is 0 Å². The Morgan fingerprint density at radius 3 is 2.12 bits per heavy atom. The summed E-state index contributed by atoms with van der Waals surface area (Å²) in [5, 5.41) is 8.50. The van der Waals surface area contributed by atoms with Crippen molar-refractivity contribution in [2.45, 2.75) is 18.9 Å². The number of nitrogens with zero attached hydrogens (tertiary/aromatic N) is 2. The molecule has 2 aromatic rings. The van der Waals surface area contributed by atoms with Crippen LogP contribution in [0.25, 0.3) is 0 Å². The van der Waals surface area contributed by atoms with E-state index in [1.807, 2.05) is 9.80 Å². The maximum Gasteiger partial charge on any atom is 0.253 e. The lowest BCUT2D eigenvalue weighted by atomic mass is 10.1. The van der Waals surface area contributed by atoms with Crippen molar-refractivity contribution in [3.8, 4) is 0 Å². The van der Waals surface area contributed by atoms with Gasteiger partial charge in [0.1, 0.15) is 5.82 Å². The fraction of sp³-hybridized carbons (Fsp3) is 0.375. The van der Waals surface area contributed by atoms with Crippen LogP contribution in [0, 0.1) is 5.82 Å². The Labute approximate surface area is 192 Å². The minimum absolute atomic E-state index is 0.168. The molecule has 0 spiro atoms. The van der Waals surface area contributed by atoms with Crippen LogP contribution in [0.3, 0.4) is 0 Å². The standard InChI is InChI=1S/C24H28FN5O3/c25-17-4-3-5-19(14-17)26-22(31)15-29-10-12-30(13-11-29)16-23(32)28-21-7-2-1-6-20(21)24(33)27-18-8-9-18/h1-7,14,18H,8-13,15-16H2,(H,26,31)(H,27,33)(H,28,32). The van der Waals surface area contributed by atoms with Gasteiger partial charge in [0.25, 0.3) is 5.91 Å². The van der Waals surface area contributed by atoms with Crippen molar-refractivity contribution in [1.29, 1.82) is 0 Å². The lowest BCUT2D eigenvalue weighted by molar-refractivity contribution is -0.120. The lowest BCUT2D eigenvalue weighted by Crippen LogP contribution is -2.50. The van der Waals surface area contributed by atoms with Crippen LogP contribution >= 0.6 is 0 Å². The summed E-state index contributed by atoms with van der Waals surface area (Å²) in [4.78, 5) is 41.2. The number of hydrogen-bond donors (Lipinski definition) is 3. The fourth-order valence-electron chi connectivity index (χ4n) is 3.75. The number of hydrogen-bond acceptors (Lipinski definition) is 5. The second kappa shape index (κ2) is 10.5. The molecule has 0 radical (unpaired) electrons. The van der Waals surface area contributed by atoms with Crippen molar-refractivity contribution >= 4 is 29.1 Å². The summed E-state index contributed by atoms with van der Waals surface area (Å²) in [7, 11) is 0. The van der Waals surface area contributed by atoms with Gasteiger partial charge in [0.05, 0.1) is 24.3 Å². The van der Waals surface area contributed by atoms with Crippen LogP contribution in [0.2, 0.25) is 0 Å². The number of rotatable bonds is 8. The first-order valence-electron chi connectivity index (χ1n) is 11.2. The Bertz CT molecular complexity index is 1020. The van der Waals surface area contributed by atoms with Gasteiger partial charge >= 0.3 is 0 Å². The first-order valence-corrected chi connectivity index (χ1v) is 11.2. The van der Waals surface area contributed by atoms with E-state index in [0.29, 0.717) is 43.1 Å². The molecule has 1 heterocycles. The number of halogens is 1. The van der Waals surface area contributed by atoms with Gasteiger partial charge in [-0.15, -0.1) is 0 Å². The van der Waals surface area contributed by atoms with Crippen LogP contribution in [0.1, 0.15) is 23.2 Å². The quantitative estimate of drug-likeness (QED) is 0.568. The minimum atomic E-state index is -0.397. The summed E-state index contributed by atoms with van der Waals surface area (Å²) in [6.07, 6.45) is 2.00. The molecular formula is C24H28FN5O3. The van der Waals surface area contributed by atoms with Gasteiger partial charge in [0.2, 0.25) is 11.8 Å². The smallest absolute Gasteiger partial charge is 0.253 e. The van der Waals surface area contributed by atoms with E-state index < -0.39 is 5.82 Å². The zero-order chi connectivity index (χ0) is 23.2. The number of anilines is 2. The highest BCUT2D eigenvalue weighted by Gasteiger charge is 2.25. The van der Waals surface area contributed by atoms with Gasteiger partial charge in [0, 0.05) is 37.9 Å². The van der Waals surface area contributed by atoms with Crippen molar-refractivity contribution in [2.75, 3.05) is 49.9 Å². The van der Waals surface area contributed by atoms with Crippen LogP contribution in [0.4, 0.5) is 15.8 Å². The highest BCUT2D eigenvalue weighted by atomic mass is 19.1. The predicted octanol–water partition coefficient (Wildman–Crippen LogP) is 1.91. The summed E-state index contributed by atoms with van der Waals surface area (Å²) >= 11 is 0. The molecule has 174 valence electrons. The fourth-order valence-corrected chi connectivity index (χ4v) is 3.75. The first-order chi connectivity index (χ1) is 16.0. The highest BCUT2D eigenvalue weighted by Crippen LogP contribution is 2.21. The molecule has 0 atom stereocenters. The van der Waals surface area contributed by atoms with Gasteiger partial charge in [0.15, 0.2) is 0 Å². The monoisotopic (exact) mass is 453 g/mol. The zero-order valence-electron chi connectivity index (χ0n) is 18.4. The van der Waals surface area contributed by atoms with Crippen molar-refractivity contribution in [2.24, 2.45) is 0 Å². The molecular weight excluding hydrogens is 425 g/mol. The van der Waals surface area contributed by atoms with Gasteiger partial charge in [-0.1, -0.05) is 18.2 Å². The first kappa shape index (κ1) is 22.9. The minimum Gasteiger partial charge on any atom is -0.349 e. The molecule has 9 heteroatoms. The van der Waals surface area contributed by atoms with Gasteiger partial charge in [-0.25, -0.2) is 4.39 Å². The third-order valence-electron chi connectivity index (χ3n) is 5.67. The predicted molar refractivity (Wildman–Crippen MR) is 123 cm³/mol. The number of amides is 3. The zero-order valence-corrected chi connectivity index (χ0v) is 18.4. The van der Waals surface area contributed by atoms with Gasteiger partial charge in [-0.05, 0) is 43.2 Å². The van der Waals surface area contributed by atoms with Crippen LogP contribution in [-0.4, -0.2) is 72.8 Å². The second-order valence-electron chi connectivity index (χ2n) is 8.45. The van der Waals surface area contributed by atoms with E-state index >= 15 is 0 Å². The molecule has 3 amide bonds. The lowest BCUT2D eigenvalue weighted by Gasteiger charge is -2.33. The molecule has 3 N–H and O–H groups in total. The topological polar surface area (TPSA) is 93.8 Å². The number of para-hydroxylation sites is 1. The summed E-state index contributed by atoms with van der Waals surface area (Å²) < 4.78 is 13.3. The number of carbonyl (C=O) groups is 3. The molecule has 1 aliphatic heterocycles. The average molecular weight is 454 g/mol. The second-order valence-corrected chi connectivity index (χ2v) is 8.45. The summed E-state index contributed by atoms with van der Waals surface area (Å²) in [6, 6.07) is 13.1. The van der Waals surface area contributed by atoms with Crippen LogP contribution < -0.4 is 16.0 Å². The largest absolute Gasteiger partial charge is 0.349 e. The Balaban J connectivity index is 1.21. The van der Waals surface area contributed by atoms with E-state index in [0.717, 1.165) is 12.8 Å². The van der Waals surface area contributed by atoms with Crippen LogP contribution in [0.15, 0.2) is 48.5 Å². The average Bonchev–Trinajstić information content (AvgIpc) is 3.59. The Morgan fingerprint density at radius 1 is 0.848 bits per heavy atom. The molecule has 1 aliphatic carbocycles. The molecule has 8 nitrogen and oxygen atoms in total. The van der Waals surface area contributed by atoms with Gasteiger partial charge in [-0.3, -0.25) is 24.2 Å². The van der Waals surface area contributed by atoms with E-state index in [4.69, 9.17) is 0 Å². The van der Waals surface area contributed by atoms with Crippen LogP contribution in [0.5, 0.6) is 0 Å². The molecule has 1 saturated carbocycles. The normalized spacial score (nSPS) is 16.8. The third-order valence-corrected chi connectivity index (χ3v) is 5.67. The summed E-state index contributed by atoms with van der Waals surface area (Å²) in [6.45, 7) is 2.99. The maximum absolute atomic E-state index is 13.3. The van der Waals surface area contributed by atoms with Gasteiger partial charge in [-0.2, -0.15) is 0 Å². The van der Waals surface area contributed by atoms with Crippen molar-refractivity contribution < 1.29 is 18.8 Å². The van der Waals surface area contributed by atoms with E-state index in [9.17, 15) is 18.8 Å². The Kier molecular flexibility index (Phi) is 7.31. The third kappa shape index (κ3) is 6.84. The Morgan fingerprint density at radius 2 is 1.48 bits per heavy atom. The Hall–Kier alpha value is -3.30. The molecule has 2 fully saturated rings. The number of benzene rings is 2. The van der Waals surface area contributed by atoms with Gasteiger partial charge < -0.3 is 16.0 Å². The van der Waals surface area contributed by atoms with Crippen LogP contribution in [-0.2, 0) is 9.59 Å². The molecule has 33 heavy (non-hydrogen) atoms. The van der Waals surface area contributed by atoms with E-state index in [2.05, 4.69) is 16.0 Å². The molecule has 2 aromatic carbocycles. The molecule has 2 aliphatic rings. The van der Waals surface area contributed by atoms with E-state index in [-0.39, 0.29) is 36.9 Å².